The van der Waals surface area contributed by atoms with Gasteiger partial charge in [-0.1, -0.05) is 6.92 Å². The van der Waals surface area contributed by atoms with Gasteiger partial charge in [-0.05, 0) is 19.4 Å². The standard InChI is InChI=1S/C13H18N2O4/c1-3-13(2,6-16)15-12(17)8-4-10-11(5-9(8)14)19-7-18-10/h4-5,16H,3,6-7,14H2,1-2H3,(H,15,17). The maximum atomic E-state index is 12.2. The smallest absolute Gasteiger partial charge is 0.254 e. The predicted molar refractivity (Wildman–Crippen MR) is 70.2 cm³/mol. The van der Waals surface area contributed by atoms with Crippen LogP contribution in [-0.2, 0) is 0 Å². The molecule has 4 N–H and O–H groups in total. The van der Waals surface area contributed by atoms with E-state index in [9.17, 15) is 9.90 Å². The molecule has 1 aromatic rings. The van der Waals surface area contributed by atoms with Gasteiger partial charge in [-0.25, -0.2) is 0 Å². The van der Waals surface area contributed by atoms with Crippen LogP contribution in [0.3, 0.4) is 0 Å². The average molecular weight is 266 g/mol. The van der Waals surface area contributed by atoms with Gasteiger partial charge < -0.3 is 25.6 Å². The molecule has 1 heterocycles. The summed E-state index contributed by atoms with van der Waals surface area (Å²) in [6, 6.07) is 3.12. The first-order valence-electron chi connectivity index (χ1n) is 6.11. The van der Waals surface area contributed by atoms with E-state index in [1.807, 2.05) is 6.92 Å². The number of hydrogen-bond donors (Lipinski definition) is 3. The molecule has 0 fully saturated rings. The van der Waals surface area contributed by atoms with Crippen LogP contribution >= 0.6 is 0 Å². The van der Waals surface area contributed by atoms with E-state index in [0.29, 0.717) is 29.2 Å². The first-order valence-corrected chi connectivity index (χ1v) is 6.11. The topological polar surface area (TPSA) is 93.8 Å². The summed E-state index contributed by atoms with van der Waals surface area (Å²) in [5.74, 6) is 0.699. The van der Waals surface area contributed by atoms with Crippen molar-refractivity contribution in [1.29, 1.82) is 0 Å². The SMILES string of the molecule is CCC(C)(CO)NC(=O)c1cc2c(cc1N)OCO2. The van der Waals surface area contributed by atoms with Crippen molar-refractivity contribution in [3.05, 3.63) is 17.7 Å². The monoisotopic (exact) mass is 266 g/mol. The van der Waals surface area contributed by atoms with Gasteiger partial charge in [0.1, 0.15) is 0 Å². The highest BCUT2D eigenvalue weighted by Crippen LogP contribution is 2.36. The lowest BCUT2D eigenvalue weighted by atomic mass is 9.99. The Morgan fingerprint density at radius 3 is 2.68 bits per heavy atom. The van der Waals surface area contributed by atoms with Crippen LogP contribution in [-0.4, -0.2) is 30.0 Å². The first kappa shape index (κ1) is 13.5. The Balaban J connectivity index is 2.25. The first-order chi connectivity index (χ1) is 8.99. The summed E-state index contributed by atoms with van der Waals surface area (Å²) < 4.78 is 10.4. The summed E-state index contributed by atoms with van der Waals surface area (Å²) in [7, 11) is 0. The number of amides is 1. The lowest BCUT2D eigenvalue weighted by Gasteiger charge is -2.27. The van der Waals surface area contributed by atoms with Crippen LogP contribution in [0.2, 0.25) is 0 Å². The Kier molecular flexibility index (Phi) is 3.53. The fraction of sp³-hybridized carbons (Fsp3) is 0.462. The van der Waals surface area contributed by atoms with Crippen LogP contribution < -0.4 is 20.5 Å². The van der Waals surface area contributed by atoms with Crippen LogP contribution in [0.1, 0.15) is 30.6 Å². The van der Waals surface area contributed by atoms with Gasteiger partial charge in [0, 0.05) is 11.8 Å². The summed E-state index contributed by atoms with van der Waals surface area (Å²) in [6.45, 7) is 3.65. The van der Waals surface area contributed by atoms with Crippen molar-refractivity contribution in [2.45, 2.75) is 25.8 Å². The Hall–Kier alpha value is -1.95. The Morgan fingerprint density at radius 1 is 1.47 bits per heavy atom. The number of nitrogens with one attached hydrogen (secondary N) is 1. The molecule has 0 aliphatic carbocycles. The molecule has 0 bridgehead atoms. The minimum absolute atomic E-state index is 0.128. The van der Waals surface area contributed by atoms with Gasteiger partial charge in [-0.15, -0.1) is 0 Å². The Bertz CT molecular complexity index is 498. The number of carbonyl (C=O) groups excluding carboxylic acids is 1. The molecule has 19 heavy (non-hydrogen) atoms. The van der Waals surface area contributed by atoms with Gasteiger partial charge in [0.25, 0.3) is 5.91 Å². The number of hydrogen-bond acceptors (Lipinski definition) is 5. The van der Waals surface area contributed by atoms with E-state index in [1.54, 1.807) is 19.1 Å². The van der Waals surface area contributed by atoms with Gasteiger partial charge in [0.2, 0.25) is 6.79 Å². The van der Waals surface area contributed by atoms with E-state index >= 15 is 0 Å². The maximum absolute atomic E-state index is 12.2. The molecule has 1 atom stereocenters. The second-order valence-corrected chi connectivity index (χ2v) is 4.82. The molecule has 1 aromatic carbocycles. The minimum atomic E-state index is -0.667. The fourth-order valence-corrected chi connectivity index (χ4v) is 1.74. The second-order valence-electron chi connectivity index (χ2n) is 4.82. The number of carbonyl (C=O) groups is 1. The van der Waals surface area contributed by atoms with Crippen molar-refractivity contribution in [2.24, 2.45) is 0 Å². The molecule has 1 amide bonds. The number of nitrogens with two attached hydrogens (primary N) is 1. The third kappa shape index (κ3) is 2.58. The van der Waals surface area contributed by atoms with E-state index in [-0.39, 0.29) is 19.3 Å². The third-order valence-corrected chi connectivity index (χ3v) is 3.33. The quantitative estimate of drug-likeness (QED) is 0.704. The van der Waals surface area contributed by atoms with Crippen LogP contribution in [0.15, 0.2) is 12.1 Å². The molecule has 1 unspecified atom stereocenters. The fourth-order valence-electron chi connectivity index (χ4n) is 1.74. The van der Waals surface area contributed by atoms with E-state index in [1.165, 1.54) is 0 Å². The van der Waals surface area contributed by atoms with E-state index in [4.69, 9.17) is 15.2 Å². The van der Waals surface area contributed by atoms with Crippen LogP contribution in [0.5, 0.6) is 11.5 Å². The van der Waals surface area contributed by atoms with Gasteiger partial charge >= 0.3 is 0 Å². The molecule has 0 saturated heterocycles. The van der Waals surface area contributed by atoms with E-state index < -0.39 is 5.54 Å². The minimum Gasteiger partial charge on any atom is -0.454 e. The third-order valence-electron chi connectivity index (χ3n) is 3.33. The van der Waals surface area contributed by atoms with Gasteiger partial charge in [0.15, 0.2) is 11.5 Å². The number of rotatable bonds is 4. The lowest BCUT2D eigenvalue weighted by molar-refractivity contribution is 0.0848. The molecule has 2 rings (SSSR count). The summed E-state index contributed by atoms with van der Waals surface area (Å²) in [5, 5.41) is 12.1. The molecular formula is C13H18N2O4. The lowest BCUT2D eigenvalue weighted by Crippen LogP contribution is -2.48. The van der Waals surface area contributed by atoms with Crippen molar-refractivity contribution in [3.63, 3.8) is 0 Å². The number of aliphatic hydroxyl groups is 1. The zero-order valence-electron chi connectivity index (χ0n) is 11.0. The molecule has 0 aromatic heterocycles. The van der Waals surface area contributed by atoms with E-state index in [2.05, 4.69) is 5.32 Å². The molecule has 1 aliphatic rings. The maximum Gasteiger partial charge on any atom is 0.254 e. The van der Waals surface area contributed by atoms with Crippen LogP contribution in [0.4, 0.5) is 5.69 Å². The average Bonchev–Trinajstić information content (AvgIpc) is 2.84. The summed E-state index contributed by atoms with van der Waals surface area (Å²) >= 11 is 0. The van der Waals surface area contributed by atoms with Gasteiger partial charge in [0.05, 0.1) is 17.7 Å². The summed E-state index contributed by atoms with van der Waals surface area (Å²) in [5.41, 5.74) is 5.81. The largest absolute Gasteiger partial charge is 0.454 e. The summed E-state index contributed by atoms with van der Waals surface area (Å²) in [6.07, 6.45) is 0.611. The summed E-state index contributed by atoms with van der Waals surface area (Å²) in [4.78, 5) is 12.2. The van der Waals surface area contributed by atoms with Gasteiger partial charge in [-0.2, -0.15) is 0 Å². The molecular weight excluding hydrogens is 248 g/mol. The molecule has 104 valence electrons. The molecule has 0 spiro atoms. The number of aliphatic hydroxyl groups excluding tert-OH is 1. The molecule has 0 radical (unpaired) electrons. The number of fused-ring (bicyclic) bond motifs is 1. The number of anilines is 1. The van der Waals surface area contributed by atoms with Crippen molar-refractivity contribution in [3.8, 4) is 11.5 Å². The zero-order valence-corrected chi connectivity index (χ0v) is 11.0. The highest BCUT2D eigenvalue weighted by atomic mass is 16.7. The molecule has 6 heteroatoms. The number of nitrogen functional groups attached to an aromatic ring is 1. The normalized spacial score (nSPS) is 15.9. The van der Waals surface area contributed by atoms with Gasteiger partial charge in [-0.3, -0.25) is 4.79 Å². The Morgan fingerprint density at radius 2 is 2.11 bits per heavy atom. The number of benzene rings is 1. The van der Waals surface area contributed by atoms with Crippen LogP contribution in [0.25, 0.3) is 0 Å². The predicted octanol–water partition coefficient (Wildman–Crippen LogP) is 0.888. The molecule has 0 saturated carbocycles. The van der Waals surface area contributed by atoms with Crippen molar-refractivity contribution in [2.75, 3.05) is 19.1 Å². The highest BCUT2D eigenvalue weighted by Gasteiger charge is 2.26. The highest BCUT2D eigenvalue weighted by molar-refractivity contribution is 6.00. The molecule has 1 aliphatic heterocycles. The van der Waals surface area contributed by atoms with E-state index in [0.717, 1.165) is 0 Å². The Labute approximate surface area is 111 Å². The number of ether oxygens (including phenoxy) is 2. The van der Waals surface area contributed by atoms with Crippen molar-refractivity contribution < 1.29 is 19.4 Å². The van der Waals surface area contributed by atoms with Crippen LogP contribution in [0, 0.1) is 0 Å². The molecule has 6 nitrogen and oxygen atoms in total. The van der Waals surface area contributed by atoms with Crippen molar-refractivity contribution in [1.82, 2.24) is 5.32 Å². The van der Waals surface area contributed by atoms with Crippen molar-refractivity contribution >= 4 is 11.6 Å². The second kappa shape index (κ2) is 4.97. The zero-order chi connectivity index (χ0) is 14.0.